The van der Waals surface area contributed by atoms with Crippen LogP contribution < -0.4 is 4.72 Å². The molecule has 1 fully saturated rings. The van der Waals surface area contributed by atoms with E-state index in [9.17, 15) is 13.2 Å². The number of likely N-dealkylation sites (tertiary alicyclic amines) is 1. The first-order chi connectivity index (χ1) is 11.7. The highest BCUT2D eigenvalue weighted by atomic mass is 32.2. The first kappa shape index (κ1) is 19.9. The first-order valence-corrected chi connectivity index (χ1v) is 10.2. The van der Waals surface area contributed by atoms with Crippen molar-refractivity contribution in [3.8, 4) is 0 Å². The molecule has 1 amide bonds. The molecule has 1 aromatic carbocycles. The van der Waals surface area contributed by atoms with Crippen LogP contribution >= 0.6 is 0 Å². The lowest BCUT2D eigenvalue weighted by molar-refractivity contribution is 0.0761. The number of carbonyl (C=O) groups excluding carboxylic acids is 1. The fourth-order valence-electron chi connectivity index (χ4n) is 2.97. The van der Waals surface area contributed by atoms with E-state index in [4.69, 9.17) is 0 Å². The molecule has 7 heteroatoms. The highest BCUT2D eigenvalue weighted by Crippen LogP contribution is 2.17. The fraction of sp³-hybridized carbons (Fsp3) is 0.611. The number of sulfonamides is 1. The molecule has 140 valence electrons. The zero-order valence-corrected chi connectivity index (χ0v) is 16.3. The van der Waals surface area contributed by atoms with E-state index in [-0.39, 0.29) is 16.7 Å². The zero-order chi connectivity index (χ0) is 18.6. The van der Waals surface area contributed by atoms with E-state index in [2.05, 4.69) is 16.7 Å². The molecule has 1 heterocycles. The third-order valence-corrected chi connectivity index (χ3v) is 6.04. The summed E-state index contributed by atoms with van der Waals surface area (Å²) in [4.78, 5) is 16.7. The Kier molecular flexibility index (Phi) is 6.59. The quantitative estimate of drug-likeness (QED) is 0.798. The number of nitrogens with one attached hydrogen (secondary N) is 1. The van der Waals surface area contributed by atoms with Crippen molar-refractivity contribution in [2.45, 2.75) is 37.6 Å². The smallest absolute Gasteiger partial charge is 0.253 e. The monoisotopic (exact) mass is 367 g/mol. The second-order valence-electron chi connectivity index (χ2n) is 7.23. The summed E-state index contributed by atoms with van der Waals surface area (Å²) in [7, 11) is 0.353. The van der Waals surface area contributed by atoms with Gasteiger partial charge in [-0.3, -0.25) is 4.79 Å². The lowest BCUT2D eigenvalue weighted by Gasteiger charge is -2.26. The SMILES string of the molecule is CC(C)CNS(=O)(=O)c1ccc(C(=O)N(C)CC2CCCN2C)cc1. The van der Waals surface area contributed by atoms with Crippen LogP contribution in [-0.2, 0) is 10.0 Å². The second-order valence-corrected chi connectivity index (χ2v) is 9.00. The van der Waals surface area contributed by atoms with Gasteiger partial charge in [0.25, 0.3) is 5.91 Å². The largest absolute Gasteiger partial charge is 0.340 e. The standard InChI is InChI=1S/C18H29N3O3S/c1-14(2)12-19-25(23,24)17-9-7-15(8-10-17)18(22)21(4)13-16-6-5-11-20(16)3/h7-10,14,16,19H,5-6,11-13H2,1-4H3. The maximum atomic E-state index is 12.6. The minimum Gasteiger partial charge on any atom is -0.340 e. The molecular weight excluding hydrogens is 338 g/mol. The van der Waals surface area contributed by atoms with Crippen LogP contribution in [0.15, 0.2) is 29.2 Å². The number of benzene rings is 1. The molecule has 1 aromatic rings. The van der Waals surface area contributed by atoms with Gasteiger partial charge in [0.1, 0.15) is 0 Å². The van der Waals surface area contributed by atoms with Crippen LogP contribution in [0, 0.1) is 5.92 Å². The molecule has 1 aliphatic rings. The molecule has 1 N–H and O–H groups in total. The van der Waals surface area contributed by atoms with E-state index in [1.807, 2.05) is 13.8 Å². The zero-order valence-electron chi connectivity index (χ0n) is 15.5. The van der Waals surface area contributed by atoms with Crippen LogP contribution in [-0.4, -0.2) is 63.9 Å². The Morgan fingerprint density at radius 2 is 1.96 bits per heavy atom. The highest BCUT2D eigenvalue weighted by Gasteiger charge is 2.24. The molecule has 1 aliphatic heterocycles. The molecule has 6 nitrogen and oxygen atoms in total. The lowest BCUT2D eigenvalue weighted by atomic mass is 10.1. The van der Waals surface area contributed by atoms with E-state index in [1.54, 1.807) is 24.1 Å². The number of hydrogen-bond acceptors (Lipinski definition) is 4. The molecule has 25 heavy (non-hydrogen) atoms. The van der Waals surface area contributed by atoms with Crippen molar-refractivity contribution in [1.82, 2.24) is 14.5 Å². The molecule has 0 radical (unpaired) electrons. The van der Waals surface area contributed by atoms with Gasteiger partial charge in [-0.15, -0.1) is 0 Å². The molecule has 0 spiro atoms. The molecule has 1 atom stereocenters. The normalized spacial score (nSPS) is 18.7. The predicted octanol–water partition coefficient (Wildman–Crippen LogP) is 1.79. The van der Waals surface area contributed by atoms with Crippen molar-refractivity contribution in [2.24, 2.45) is 5.92 Å². The van der Waals surface area contributed by atoms with Crippen LogP contribution in [0.3, 0.4) is 0 Å². The Hall–Kier alpha value is -1.44. The minimum absolute atomic E-state index is 0.0839. The summed E-state index contributed by atoms with van der Waals surface area (Å²) in [5, 5.41) is 0. The third kappa shape index (κ3) is 5.26. The van der Waals surface area contributed by atoms with Crippen molar-refractivity contribution in [2.75, 3.05) is 33.7 Å². The topological polar surface area (TPSA) is 69.7 Å². The second kappa shape index (κ2) is 8.29. The van der Waals surface area contributed by atoms with Gasteiger partial charge < -0.3 is 9.80 Å². The van der Waals surface area contributed by atoms with Gasteiger partial charge in [-0.2, -0.15) is 0 Å². The molecule has 0 bridgehead atoms. The van der Waals surface area contributed by atoms with Gasteiger partial charge in [0, 0.05) is 31.7 Å². The summed E-state index contributed by atoms with van der Waals surface area (Å²) in [6, 6.07) is 6.55. The minimum atomic E-state index is -3.53. The molecule has 1 saturated heterocycles. The number of rotatable bonds is 7. The van der Waals surface area contributed by atoms with Gasteiger partial charge in [0.2, 0.25) is 10.0 Å². The molecule has 0 aliphatic carbocycles. The maximum absolute atomic E-state index is 12.6. The van der Waals surface area contributed by atoms with Gasteiger partial charge in [-0.25, -0.2) is 13.1 Å². The van der Waals surface area contributed by atoms with Crippen molar-refractivity contribution in [1.29, 1.82) is 0 Å². The Morgan fingerprint density at radius 1 is 1.32 bits per heavy atom. The van der Waals surface area contributed by atoms with Crippen LogP contribution in [0.5, 0.6) is 0 Å². The van der Waals surface area contributed by atoms with E-state index in [0.29, 0.717) is 24.7 Å². The molecular formula is C18H29N3O3S. The van der Waals surface area contributed by atoms with Crippen LogP contribution in [0.1, 0.15) is 37.0 Å². The summed E-state index contributed by atoms with van der Waals surface area (Å²) in [5.41, 5.74) is 0.506. The summed E-state index contributed by atoms with van der Waals surface area (Å²) in [5.74, 6) is 0.150. The Labute approximate surface area is 151 Å². The highest BCUT2D eigenvalue weighted by molar-refractivity contribution is 7.89. The van der Waals surface area contributed by atoms with Gasteiger partial charge >= 0.3 is 0 Å². The Balaban J connectivity index is 2.02. The van der Waals surface area contributed by atoms with E-state index >= 15 is 0 Å². The number of nitrogens with zero attached hydrogens (tertiary/aromatic N) is 2. The van der Waals surface area contributed by atoms with Crippen LogP contribution in [0.4, 0.5) is 0 Å². The average molecular weight is 368 g/mol. The van der Waals surface area contributed by atoms with Crippen LogP contribution in [0.2, 0.25) is 0 Å². The predicted molar refractivity (Wildman–Crippen MR) is 99.1 cm³/mol. The number of likely N-dealkylation sites (N-methyl/N-ethyl adjacent to an activating group) is 2. The Bertz CT molecular complexity index is 686. The number of hydrogen-bond donors (Lipinski definition) is 1. The number of carbonyl (C=O) groups is 1. The molecule has 0 aromatic heterocycles. The molecule has 2 rings (SSSR count). The van der Waals surface area contributed by atoms with Gasteiger partial charge in [0.15, 0.2) is 0 Å². The Morgan fingerprint density at radius 3 is 2.48 bits per heavy atom. The van der Waals surface area contributed by atoms with Crippen molar-refractivity contribution in [3.63, 3.8) is 0 Å². The van der Waals surface area contributed by atoms with Crippen molar-refractivity contribution < 1.29 is 13.2 Å². The fourth-order valence-corrected chi connectivity index (χ4v) is 4.18. The van der Waals surface area contributed by atoms with Gasteiger partial charge in [-0.1, -0.05) is 13.8 Å². The lowest BCUT2D eigenvalue weighted by Crippen LogP contribution is -2.39. The maximum Gasteiger partial charge on any atom is 0.253 e. The van der Waals surface area contributed by atoms with E-state index in [0.717, 1.165) is 13.0 Å². The van der Waals surface area contributed by atoms with Crippen molar-refractivity contribution >= 4 is 15.9 Å². The summed E-state index contributed by atoms with van der Waals surface area (Å²) in [6.45, 7) is 6.04. The average Bonchev–Trinajstić information content (AvgIpc) is 2.97. The number of amides is 1. The molecule has 1 unspecified atom stereocenters. The van der Waals surface area contributed by atoms with E-state index < -0.39 is 10.0 Å². The van der Waals surface area contributed by atoms with Gasteiger partial charge in [-0.05, 0) is 56.6 Å². The first-order valence-electron chi connectivity index (χ1n) is 8.76. The summed E-state index contributed by atoms with van der Waals surface area (Å²) >= 11 is 0. The van der Waals surface area contributed by atoms with Gasteiger partial charge in [0.05, 0.1) is 4.90 Å². The summed E-state index contributed by atoms with van der Waals surface area (Å²) in [6.07, 6.45) is 2.27. The van der Waals surface area contributed by atoms with E-state index in [1.165, 1.54) is 18.6 Å². The van der Waals surface area contributed by atoms with Crippen LogP contribution in [0.25, 0.3) is 0 Å². The molecule has 0 saturated carbocycles. The third-order valence-electron chi connectivity index (χ3n) is 4.60. The van der Waals surface area contributed by atoms with Crippen molar-refractivity contribution in [3.05, 3.63) is 29.8 Å². The summed E-state index contributed by atoms with van der Waals surface area (Å²) < 4.78 is 27.0.